The number of rotatable bonds is 8. The van der Waals surface area contributed by atoms with E-state index >= 15 is 0 Å². The Morgan fingerprint density at radius 2 is 1.76 bits per heavy atom. The molecule has 0 fully saturated rings. The molecule has 1 aromatic carbocycles. The first kappa shape index (κ1) is 15.7. The van der Waals surface area contributed by atoms with Crippen molar-refractivity contribution in [1.82, 2.24) is 10.3 Å². The molecule has 2 heteroatoms. The molecule has 2 unspecified atom stereocenters. The summed E-state index contributed by atoms with van der Waals surface area (Å²) in [7, 11) is 0. The maximum atomic E-state index is 4.12. The number of nitrogens with zero attached hydrogens (tertiary/aromatic N) is 1. The van der Waals surface area contributed by atoms with E-state index in [9.17, 15) is 0 Å². The largest absolute Gasteiger partial charge is 0.313 e. The average Bonchev–Trinajstić information content (AvgIpc) is 2.56. The molecule has 1 N–H and O–H groups in total. The third kappa shape index (κ3) is 4.98. The van der Waals surface area contributed by atoms with Gasteiger partial charge in [0.15, 0.2) is 0 Å². The van der Waals surface area contributed by atoms with E-state index in [-0.39, 0.29) is 0 Å². The number of nitrogens with one attached hydrogen (secondary N) is 1. The van der Waals surface area contributed by atoms with Gasteiger partial charge in [-0.15, -0.1) is 0 Å². The van der Waals surface area contributed by atoms with Crippen molar-refractivity contribution < 1.29 is 0 Å². The summed E-state index contributed by atoms with van der Waals surface area (Å²) in [5, 5.41) is 3.72. The summed E-state index contributed by atoms with van der Waals surface area (Å²) in [6.45, 7) is 5.61. The zero-order valence-corrected chi connectivity index (χ0v) is 13.1. The lowest BCUT2D eigenvalue weighted by molar-refractivity contribution is 0.424. The first-order valence-corrected chi connectivity index (χ1v) is 7.98. The van der Waals surface area contributed by atoms with Crippen LogP contribution in [-0.2, 0) is 6.42 Å². The first-order chi connectivity index (χ1) is 10.3. The van der Waals surface area contributed by atoms with Crippen LogP contribution in [0.5, 0.6) is 0 Å². The van der Waals surface area contributed by atoms with Crippen molar-refractivity contribution >= 4 is 0 Å². The van der Waals surface area contributed by atoms with Crippen LogP contribution in [0.3, 0.4) is 0 Å². The predicted molar refractivity (Wildman–Crippen MR) is 89.5 cm³/mol. The van der Waals surface area contributed by atoms with Gasteiger partial charge in [-0.2, -0.15) is 0 Å². The molecular weight excluding hydrogens is 256 g/mol. The molecule has 0 saturated heterocycles. The minimum absolute atomic E-state index is 0.503. The molecule has 2 atom stereocenters. The number of hydrogen-bond donors (Lipinski definition) is 1. The van der Waals surface area contributed by atoms with E-state index in [1.54, 1.807) is 0 Å². The second kappa shape index (κ2) is 8.58. The Bertz CT molecular complexity index is 495. The minimum Gasteiger partial charge on any atom is -0.313 e. The van der Waals surface area contributed by atoms with Crippen LogP contribution in [-0.4, -0.2) is 17.6 Å². The first-order valence-electron chi connectivity index (χ1n) is 7.98. The van der Waals surface area contributed by atoms with E-state index in [4.69, 9.17) is 0 Å². The van der Waals surface area contributed by atoms with Gasteiger partial charge in [-0.25, -0.2) is 0 Å². The van der Waals surface area contributed by atoms with E-state index in [0.29, 0.717) is 12.0 Å². The normalized spacial score (nSPS) is 13.8. The maximum Gasteiger partial charge on any atom is 0.0270 e. The Kier molecular flexibility index (Phi) is 6.42. The zero-order chi connectivity index (χ0) is 14.9. The molecule has 112 valence electrons. The number of pyridine rings is 1. The van der Waals surface area contributed by atoms with E-state index < -0.39 is 0 Å². The SMILES string of the molecule is CCCNC(CCc1ccccc1)C(C)c1ccncc1. The lowest BCUT2D eigenvalue weighted by Gasteiger charge is -2.25. The fourth-order valence-electron chi connectivity index (χ4n) is 2.72. The average molecular weight is 282 g/mol. The predicted octanol–water partition coefficient (Wildman–Crippen LogP) is 4.19. The summed E-state index contributed by atoms with van der Waals surface area (Å²) in [5.41, 5.74) is 2.79. The van der Waals surface area contributed by atoms with E-state index in [2.05, 4.69) is 66.6 Å². The Morgan fingerprint density at radius 1 is 1.05 bits per heavy atom. The van der Waals surface area contributed by atoms with E-state index in [1.165, 1.54) is 17.5 Å². The molecular formula is C19H26N2. The van der Waals surface area contributed by atoms with Gasteiger partial charge in [0.05, 0.1) is 0 Å². The number of benzene rings is 1. The Balaban J connectivity index is 2.00. The van der Waals surface area contributed by atoms with Crippen molar-refractivity contribution in [3.05, 3.63) is 66.0 Å². The van der Waals surface area contributed by atoms with Gasteiger partial charge in [0.1, 0.15) is 0 Å². The van der Waals surface area contributed by atoms with Gasteiger partial charge in [0, 0.05) is 18.4 Å². The number of hydrogen-bond acceptors (Lipinski definition) is 2. The molecule has 0 radical (unpaired) electrons. The monoisotopic (exact) mass is 282 g/mol. The van der Waals surface area contributed by atoms with Crippen LogP contribution in [0.15, 0.2) is 54.9 Å². The highest BCUT2D eigenvalue weighted by molar-refractivity contribution is 5.18. The molecule has 0 spiro atoms. The molecule has 0 aliphatic carbocycles. The quantitative estimate of drug-likeness (QED) is 0.785. The smallest absolute Gasteiger partial charge is 0.0270 e. The van der Waals surface area contributed by atoms with Gasteiger partial charge in [-0.05, 0) is 55.0 Å². The number of aryl methyl sites for hydroxylation is 1. The van der Waals surface area contributed by atoms with Crippen LogP contribution in [0.1, 0.15) is 43.7 Å². The second-order valence-electron chi connectivity index (χ2n) is 5.65. The highest BCUT2D eigenvalue weighted by Gasteiger charge is 2.18. The fourth-order valence-corrected chi connectivity index (χ4v) is 2.72. The third-order valence-corrected chi connectivity index (χ3v) is 4.08. The second-order valence-corrected chi connectivity index (χ2v) is 5.65. The van der Waals surface area contributed by atoms with Gasteiger partial charge in [-0.3, -0.25) is 4.98 Å². The van der Waals surface area contributed by atoms with Crippen molar-refractivity contribution in [1.29, 1.82) is 0 Å². The van der Waals surface area contributed by atoms with Crippen molar-refractivity contribution in [3.8, 4) is 0 Å². The van der Waals surface area contributed by atoms with Crippen LogP contribution in [0, 0.1) is 0 Å². The van der Waals surface area contributed by atoms with Gasteiger partial charge in [-0.1, -0.05) is 44.2 Å². The van der Waals surface area contributed by atoms with Crippen LogP contribution in [0.2, 0.25) is 0 Å². The molecule has 0 aliphatic heterocycles. The van der Waals surface area contributed by atoms with Crippen LogP contribution >= 0.6 is 0 Å². The molecule has 2 nitrogen and oxygen atoms in total. The number of aromatic nitrogens is 1. The molecule has 0 bridgehead atoms. The molecule has 0 amide bonds. The van der Waals surface area contributed by atoms with Gasteiger partial charge >= 0.3 is 0 Å². The lowest BCUT2D eigenvalue weighted by atomic mass is 9.89. The highest BCUT2D eigenvalue weighted by atomic mass is 14.9. The minimum atomic E-state index is 0.503. The van der Waals surface area contributed by atoms with Crippen LogP contribution < -0.4 is 5.32 Å². The van der Waals surface area contributed by atoms with Crippen LogP contribution in [0.4, 0.5) is 0 Å². The fraction of sp³-hybridized carbons (Fsp3) is 0.421. The summed E-state index contributed by atoms with van der Waals surface area (Å²) in [5.74, 6) is 0.503. The standard InChI is InChI=1S/C19H26N2/c1-3-13-21-19(10-9-17-7-5-4-6-8-17)16(2)18-11-14-20-15-12-18/h4-8,11-12,14-16,19,21H,3,9-10,13H2,1-2H3. The molecule has 0 saturated carbocycles. The van der Waals surface area contributed by atoms with E-state index in [1.807, 2.05) is 12.4 Å². The third-order valence-electron chi connectivity index (χ3n) is 4.08. The van der Waals surface area contributed by atoms with E-state index in [0.717, 1.165) is 19.4 Å². The summed E-state index contributed by atoms with van der Waals surface area (Å²) in [6.07, 6.45) is 7.23. The topological polar surface area (TPSA) is 24.9 Å². The van der Waals surface area contributed by atoms with Crippen LogP contribution in [0.25, 0.3) is 0 Å². The van der Waals surface area contributed by atoms with Crippen molar-refractivity contribution in [2.24, 2.45) is 0 Å². The molecule has 21 heavy (non-hydrogen) atoms. The summed E-state index contributed by atoms with van der Waals surface area (Å²) < 4.78 is 0. The van der Waals surface area contributed by atoms with Crippen molar-refractivity contribution in [2.75, 3.05) is 6.54 Å². The molecule has 1 heterocycles. The molecule has 1 aromatic heterocycles. The Morgan fingerprint density at radius 3 is 2.43 bits per heavy atom. The summed E-state index contributed by atoms with van der Waals surface area (Å²) >= 11 is 0. The van der Waals surface area contributed by atoms with Gasteiger partial charge in [0.25, 0.3) is 0 Å². The maximum absolute atomic E-state index is 4.12. The molecule has 2 rings (SSSR count). The van der Waals surface area contributed by atoms with Crippen molar-refractivity contribution in [3.63, 3.8) is 0 Å². The molecule has 0 aliphatic rings. The Hall–Kier alpha value is -1.67. The lowest BCUT2D eigenvalue weighted by Crippen LogP contribution is -2.35. The highest BCUT2D eigenvalue weighted by Crippen LogP contribution is 2.22. The van der Waals surface area contributed by atoms with Gasteiger partial charge < -0.3 is 5.32 Å². The summed E-state index contributed by atoms with van der Waals surface area (Å²) in [6, 6.07) is 15.5. The summed E-state index contributed by atoms with van der Waals surface area (Å²) in [4.78, 5) is 4.12. The zero-order valence-electron chi connectivity index (χ0n) is 13.1. The van der Waals surface area contributed by atoms with Crippen molar-refractivity contribution in [2.45, 2.75) is 45.1 Å². The Labute approximate surface area is 128 Å². The molecule has 2 aromatic rings. The van der Waals surface area contributed by atoms with Gasteiger partial charge in [0.2, 0.25) is 0 Å².